The molecule has 2 aromatic carbocycles. The van der Waals surface area contributed by atoms with E-state index in [4.69, 9.17) is 9.47 Å². The number of hydrogen-bond acceptors (Lipinski definition) is 6. The molecule has 0 aromatic heterocycles. The van der Waals surface area contributed by atoms with Crippen molar-refractivity contribution in [1.82, 2.24) is 0 Å². The summed E-state index contributed by atoms with van der Waals surface area (Å²) < 4.78 is 10.1. The summed E-state index contributed by atoms with van der Waals surface area (Å²) in [5.41, 5.74) is 1.34. The van der Waals surface area contributed by atoms with Crippen LogP contribution in [0.5, 0.6) is 11.5 Å². The number of hydrogen-bond donors (Lipinski definition) is 2. The van der Waals surface area contributed by atoms with Crippen molar-refractivity contribution in [3.63, 3.8) is 0 Å². The number of aliphatic carboxylic acids is 2. The van der Waals surface area contributed by atoms with Gasteiger partial charge in [-0.05, 0) is 69.1 Å². The highest BCUT2D eigenvalue weighted by Crippen LogP contribution is 2.38. The van der Waals surface area contributed by atoms with E-state index >= 15 is 0 Å². The molecule has 8 heteroatoms. The molecule has 0 aliphatic rings. The Hall–Kier alpha value is -2.84. The van der Waals surface area contributed by atoms with Crippen molar-refractivity contribution >= 4 is 45.7 Å². The van der Waals surface area contributed by atoms with Gasteiger partial charge in [-0.15, -0.1) is 0 Å². The van der Waals surface area contributed by atoms with Crippen LogP contribution < -0.4 is 9.47 Å². The Morgan fingerprint density at radius 1 is 0.714 bits per heavy atom. The molecule has 0 saturated carbocycles. The molecule has 0 atom stereocenters. The van der Waals surface area contributed by atoms with Gasteiger partial charge in [0.05, 0.1) is 14.2 Å². The average Bonchev–Trinajstić information content (AvgIpc) is 2.70. The van der Waals surface area contributed by atoms with Gasteiger partial charge in [0.25, 0.3) is 0 Å². The van der Waals surface area contributed by atoms with Crippen LogP contribution in [0.4, 0.5) is 0 Å². The van der Waals surface area contributed by atoms with Crippen LogP contribution in [-0.4, -0.2) is 36.4 Å². The number of carboxylic acids is 2. The first-order valence-electron chi connectivity index (χ1n) is 7.95. The van der Waals surface area contributed by atoms with Crippen molar-refractivity contribution in [2.75, 3.05) is 14.2 Å². The Kier molecular flexibility index (Phi) is 8.03. The molecule has 146 valence electrons. The number of rotatable bonds is 9. The zero-order chi connectivity index (χ0) is 20.5. The van der Waals surface area contributed by atoms with Gasteiger partial charge in [-0.2, -0.15) is 0 Å². The lowest BCUT2D eigenvalue weighted by Gasteiger charge is -2.05. The van der Waals surface area contributed by atoms with E-state index in [0.29, 0.717) is 22.6 Å². The van der Waals surface area contributed by atoms with Crippen LogP contribution in [0.3, 0.4) is 0 Å². The van der Waals surface area contributed by atoms with Crippen LogP contribution >= 0.6 is 21.6 Å². The Morgan fingerprint density at radius 3 is 1.29 bits per heavy atom. The monoisotopic (exact) mass is 418 g/mol. The summed E-state index contributed by atoms with van der Waals surface area (Å²) >= 11 is 0. The fraction of sp³-hybridized carbons (Fsp3) is 0.100. The van der Waals surface area contributed by atoms with Gasteiger partial charge >= 0.3 is 11.9 Å². The second-order valence-electron chi connectivity index (χ2n) is 5.34. The van der Waals surface area contributed by atoms with Gasteiger partial charge in [-0.3, -0.25) is 0 Å². The molecule has 0 saturated heterocycles. The SMILES string of the molecule is COc1ccc(C=C(SSC(=Cc2ccc(OC)cc2)C(=O)O)C(=O)O)cc1. The van der Waals surface area contributed by atoms with Gasteiger partial charge in [-0.25, -0.2) is 9.59 Å². The summed E-state index contributed by atoms with van der Waals surface area (Å²) in [4.78, 5) is 23.1. The predicted octanol–water partition coefficient (Wildman–Crippen LogP) is 4.64. The molecule has 0 bridgehead atoms. The number of carbonyl (C=O) groups is 2. The molecular formula is C20H18O6S2. The molecular weight excluding hydrogens is 400 g/mol. The van der Waals surface area contributed by atoms with Gasteiger partial charge in [0.15, 0.2) is 0 Å². The van der Waals surface area contributed by atoms with Crippen molar-refractivity contribution in [1.29, 1.82) is 0 Å². The summed E-state index contributed by atoms with van der Waals surface area (Å²) in [7, 11) is 4.83. The highest BCUT2D eigenvalue weighted by atomic mass is 33.1. The minimum absolute atomic E-state index is 0.0112. The van der Waals surface area contributed by atoms with Crippen molar-refractivity contribution in [2.24, 2.45) is 0 Å². The van der Waals surface area contributed by atoms with Crippen LogP contribution in [0.1, 0.15) is 11.1 Å². The van der Waals surface area contributed by atoms with E-state index in [-0.39, 0.29) is 9.81 Å². The van der Waals surface area contributed by atoms with Crippen LogP contribution in [0.25, 0.3) is 12.2 Å². The molecule has 0 unspecified atom stereocenters. The zero-order valence-corrected chi connectivity index (χ0v) is 16.8. The zero-order valence-electron chi connectivity index (χ0n) is 15.1. The standard InChI is InChI=1S/C20H18O6S2/c1-25-15-7-3-13(4-8-15)11-17(19(21)22)27-28-18(20(23)24)12-14-5-9-16(26-2)10-6-14/h3-12H,1-2H3,(H,21,22)(H,23,24). The van der Waals surface area contributed by atoms with Crippen LogP contribution in [0.2, 0.25) is 0 Å². The Morgan fingerprint density at radius 2 is 1.04 bits per heavy atom. The maximum absolute atomic E-state index is 11.5. The lowest BCUT2D eigenvalue weighted by molar-refractivity contribution is -0.132. The first kappa shape index (κ1) is 21.5. The number of benzene rings is 2. The van der Waals surface area contributed by atoms with E-state index in [0.717, 1.165) is 21.6 Å². The highest BCUT2D eigenvalue weighted by molar-refractivity contribution is 8.80. The Labute approximate surface area is 170 Å². The molecule has 2 rings (SSSR count). The minimum atomic E-state index is -1.14. The number of methoxy groups -OCH3 is 2. The van der Waals surface area contributed by atoms with E-state index in [1.807, 2.05) is 0 Å². The molecule has 2 aromatic rings. The molecule has 0 spiro atoms. The fourth-order valence-corrected chi connectivity index (χ4v) is 3.98. The van der Waals surface area contributed by atoms with E-state index in [1.165, 1.54) is 12.2 Å². The minimum Gasteiger partial charge on any atom is -0.497 e. The third-order valence-electron chi connectivity index (χ3n) is 3.47. The van der Waals surface area contributed by atoms with Crippen molar-refractivity contribution in [2.45, 2.75) is 0 Å². The Bertz CT molecular complexity index is 810. The second-order valence-corrected chi connectivity index (χ2v) is 7.55. The molecule has 28 heavy (non-hydrogen) atoms. The number of ether oxygens (including phenoxy) is 2. The normalized spacial score (nSPS) is 11.8. The second kappa shape index (κ2) is 10.5. The van der Waals surface area contributed by atoms with Gasteiger partial charge in [0.2, 0.25) is 0 Å². The maximum Gasteiger partial charge on any atom is 0.343 e. The van der Waals surface area contributed by atoms with Crippen LogP contribution in [0, 0.1) is 0 Å². The maximum atomic E-state index is 11.5. The quantitative estimate of drug-likeness (QED) is 0.449. The van der Waals surface area contributed by atoms with Crippen molar-refractivity contribution in [3.05, 3.63) is 69.5 Å². The van der Waals surface area contributed by atoms with Crippen molar-refractivity contribution in [3.8, 4) is 11.5 Å². The summed E-state index contributed by atoms with van der Waals surface area (Å²) in [5.74, 6) is -0.955. The van der Waals surface area contributed by atoms with Gasteiger partial charge < -0.3 is 19.7 Å². The van der Waals surface area contributed by atoms with Gasteiger partial charge in [0.1, 0.15) is 21.3 Å². The topological polar surface area (TPSA) is 93.1 Å². The van der Waals surface area contributed by atoms with E-state index in [2.05, 4.69) is 0 Å². The summed E-state index contributed by atoms with van der Waals surface area (Å²) in [6.45, 7) is 0. The van der Waals surface area contributed by atoms with Crippen LogP contribution in [-0.2, 0) is 9.59 Å². The molecule has 0 fully saturated rings. The van der Waals surface area contributed by atoms with E-state index in [1.54, 1.807) is 62.8 Å². The lowest BCUT2D eigenvalue weighted by atomic mass is 10.2. The van der Waals surface area contributed by atoms with Gasteiger partial charge in [0, 0.05) is 0 Å². The number of carboxylic acid groups (broad SMARTS) is 2. The van der Waals surface area contributed by atoms with Crippen LogP contribution in [0.15, 0.2) is 58.3 Å². The largest absolute Gasteiger partial charge is 0.497 e. The average molecular weight is 418 g/mol. The first-order valence-corrected chi connectivity index (χ1v) is 10.1. The fourth-order valence-electron chi connectivity index (χ4n) is 2.04. The lowest BCUT2D eigenvalue weighted by Crippen LogP contribution is -1.98. The van der Waals surface area contributed by atoms with E-state index < -0.39 is 11.9 Å². The molecule has 6 nitrogen and oxygen atoms in total. The molecule has 0 amide bonds. The highest BCUT2D eigenvalue weighted by Gasteiger charge is 2.15. The molecule has 0 aliphatic carbocycles. The summed E-state index contributed by atoms with van der Waals surface area (Å²) in [6.07, 6.45) is 2.96. The van der Waals surface area contributed by atoms with Crippen molar-refractivity contribution < 1.29 is 29.3 Å². The Balaban J connectivity index is 2.18. The smallest absolute Gasteiger partial charge is 0.343 e. The molecule has 0 radical (unpaired) electrons. The third-order valence-corrected chi connectivity index (χ3v) is 5.82. The first-order chi connectivity index (χ1) is 13.4. The molecule has 0 aliphatic heterocycles. The van der Waals surface area contributed by atoms with E-state index in [9.17, 15) is 19.8 Å². The predicted molar refractivity (Wildman–Crippen MR) is 112 cm³/mol. The molecule has 2 N–H and O–H groups in total. The van der Waals surface area contributed by atoms with Gasteiger partial charge in [-0.1, -0.05) is 24.3 Å². The molecule has 0 heterocycles. The third kappa shape index (κ3) is 6.40. The summed E-state index contributed by atoms with van der Waals surface area (Å²) in [6, 6.07) is 13.8. The summed E-state index contributed by atoms with van der Waals surface area (Å²) in [5, 5.41) is 18.9.